The maximum absolute atomic E-state index is 14.0. The number of benzene rings is 2. The van der Waals surface area contributed by atoms with Gasteiger partial charge in [0.05, 0.1) is 41.5 Å². The summed E-state index contributed by atoms with van der Waals surface area (Å²) in [4.78, 5) is 28.8. The predicted octanol–water partition coefficient (Wildman–Crippen LogP) is 4.69. The number of fused-ring (bicyclic) bond motifs is 4. The van der Waals surface area contributed by atoms with Gasteiger partial charge in [-0.15, -0.1) is 0 Å². The second-order valence-electron chi connectivity index (χ2n) is 8.67. The molecule has 178 valence electrons. The molecule has 9 heteroatoms. The average Bonchev–Trinajstić information content (AvgIpc) is 3.49. The van der Waals surface area contributed by atoms with Crippen LogP contribution in [0.2, 0.25) is 5.02 Å². The van der Waals surface area contributed by atoms with Crippen molar-refractivity contribution in [3.8, 4) is 11.4 Å². The minimum Gasteiger partial charge on any atom is -0.495 e. The molecular formula is C26H24ClN5O3. The van der Waals surface area contributed by atoms with Crippen LogP contribution in [-0.2, 0) is 17.7 Å². The quantitative estimate of drug-likeness (QED) is 0.356. The summed E-state index contributed by atoms with van der Waals surface area (Å²) in [6.45, 7) is 3.21. The minimum atomic E-state index is -0.129. The van der Waals surface area contributed by atoms with Gasteiger partial charge in [-0.3, -0.25) is 13.9 Å². The van der Waals surface area contributed by atoms with Crippen LogP contribution in [0.4, 0.5) is 0 Å². The van der Waals surface area contributed by atoms with E-state index in [9.17, 15) is 4.79 Å². The van der Waals surface area contributed by atoms with Crippen LogP contribution in [0, 0.1) is 0 Å². The lowest BCUT2D eigenvalue weighted by atomic mass is 10.2. The number of methoxy groups -OCH3 is 1. The van der Waals surface area contributed by atoms with Gasteiger partial charge < -0.3 is 9.47 Å². The number of hydrogen-bond acceptors (Lipinski definition) is 6. The molecule has 0 N–H and O–H groups in total. The van der Waals surface area contributed by atoms with E-state index in [1.807, 2.05) is 41.8 Å². The third kappa shape index (κ3) is 3.56. The highest BCUT2D eigenvalue weighted by molar-refractivity contribution is 6.32. The topological polar surface area (TPSA) is 84.1 Å². The lowest BCUT2D eigenvalue weighted by Crippen LogP contribution is -2.30. The lowest BCUT2D eigenvalue weighted by Gasteiger charge is -2.16. The highest BCUT2D eigenvalue weighted by atomic mass is 35.5. The Bertz CT molecular complexity index is 1650. The van der Waals surface area contributed by atoms with Crippen molar-refractivity contribution >= 4 is 44.8 Å². The third-order valence-electron chi connectivity index (χ3n) is 6.56. The fourth-order valence-electron chi connectivity index (χ4n) is 4.86. The Morgan fingerprint density at radius 3 is 2.60 bits per heavy atom. The Balaban J connectivity index is 1.72. The first-order chi connectivity index (χ1) is 17.1. The molecule has 2 aromatic carbocycles. The normalized spacial score (nSPS) is 16.0. The van der Waals surface area contributed by atoms with Gasteiger partial charge >= 0.3 is 0 Å². The maximum Gasteiger partial charge on any atom is 0.265 e. The van der Waals surface area contributed by atoms with Gasteiger partial charge in [0.15, 0.2) is 11.3 Å². The van der Waals surface area contributed by atoms with Crippen molar-refractivity contribution < 1.29 is 9.47 Å². The number of hydrogen-bond donors (Lipinski definition) is 0. The van der Waals surface area contributed by atoms with Gasteiger partial charge in [-0.1, -0.05) is 30.7 Å². The van der Waals surface area contributed by atoms with E-state index in [-0.39, 0.29) is 11.7 Å². The van der Waals surface area contributed by atoms with Crippen molar-refractivity contribution in [2.75, 3.05) is 13.7 Å². The van der Waals surface area contributed by atoms with E-state index in [4.69, 9.17) is 36.0 Å². The number of halogens is 1. The van der Waals surface area contributed by atoms with Crippen LogP contribution >= 0.6 is 11.6 Å². The lowest BCUT2D eigenvalue weighted by molar-refractivity contribution is 0.0953. The van der Waals surface area contributed by atoms with Crippen molar-refractivity contribution in [3.05, 3.63) is 63.7 Å². The Morgan fingerprint density at radius 1 is 1.11 bits per heavy atom. The van der Waals surface area contributed by atoms with E-state index in [1.165, 1.54) is 0 Å². The molecule has 8 nitrogen and oxygen atoms in total. The van der Waals surface area contributed by atoms with Crippen molar-refractivity contribution in [2.45, 2.75) is 38.8 Å². The summed E-state index contributed by atoms with van der Waals surface area (Å²) >= 11 is 6.48. The molecular weight excluding hydrogens is 466 g/mol. The molecule has 5 aromatic rings. The van der Waals surface area contributed by atoms with Gasteiger partial charge in [0.2, 0.25) is 0 Å². The first-order valence-corrected chi connectivity index (χ1v) is 12.1. The molecule has 4 heterocycles. The number of ether oxygens (including phenoxy) is 2. The summed E-state index contributed by atoms with van der Waals surface area (Å²) in [6, 6.07) is 13.1. The molecule has 1 aliphatic heterocycles. The summed E-state index contributed by atoms with van der Waals surface area (Å²) in [6.07, 6.45) is 2.55. The van der Waals surface area contributed by atoms with Gasteiger partial charge in [0, 0.05) is 13.0 Å². The molecule has 35 heavy (non-hydrogen) atoms. The third-order valence-corrected chi connectivity index (χ3v) is 6.86. The Labute approximate surface area is 206 Å². The van der Waals surface area contributed by atoms with Gasteiger partial charge in [-0.2, -0.15) is 0 Å². The number of nitrogens with zero attached hydrogens (tertiary/aromatic N) is 5. The monoisotopic (exact) mass is 489 g/mol. The zero-order valence-corrected chi connectivity index (χ0v) is 20.2. The Hall–Kier alpha value is -3.49. The molecule has 0 unspecified atom stereocenters. The zero-order valence-electron chi connectivity index (χ0n) is 19.5. The molecule has 6 rings (SSSR count). The smallest absolute Gasteiger partial charge is 0.265 e. The molecule has 0 radical (unpaired) electrons. The van der Waals surface area contributed by atoms with Gasteiger partial charge in [-0.25, -0.2) is 15.0 Å². The van der Waals surface area contributed by atoms with Crippen LogP contribution in [0.5, 0.6) is 5.75 Å². The van der Waals surface area contributed by atoms with Crippen molar-refractivity contribution in [2.24, 2.45) is 0 Å². The summed E-state index contributed by atoms with van der Waals surface area (Å²) in [5, 5.41) is 0.900. The maximum atomic E-state index is 14.0. The highest BCUT2D eigenvalue weighted by Crippen LogP contribution is 2.32. The number of rotatable bonds is 5. The molecule has 1 fully saturated rings. The molecule has 1 saturated heterocycles. The molecule has 0 saturated carbocycles. The average molecular weight is 490 g/mol. The van der Waals surface area contributed by atoms with Crippen LogP contribution in [0.25, 0.3) is 38.9 Å². The van der Waals surface area contributed by atoms with E-state index in [2.05, 4.69) is 0 Å². The molecule has 0 bridgehead atoms. The molecule has 1 aliphatic rings. The van der Waals surface area contributed by atoms with E-state index < -0.39 is 0 Å². The molecule has 0 aliphatic carbocycles. The largest absolute Gasteiger partial charge is 0.495 e. The molecule has 1 atom stereocenters. The zero-order chi connectivity index (χ0) is 24.1. The van der Waals surface area contributed by atoms with Crippen LogP contribution in [0.15, 0.2) is 47.3 Å². The second kappa shape index (κ2) is 8.62. The van der Waals surface area contributed by atoms with Crippen LogP contribution in [-0.4, -0.2) is 43.9 Å². The summed E-state index contributed by atoms with van der Waals surface area (Å²) in [5.41, 5.74) is 3.65. The van der Waals surface area contributed by atoms with Crippen LogP contribution < -0.4 is 10.3 Å². The summed E-state index contributed by atoms with van der Waals surface area (Å²) < 4.78 is 14.8. The van der Waals surface area contributed by atoms with Crippen LogP contribution in [0.3, 0.4) is 0 Å². The Kier molecular flexibility index (Phi) is 5.42. The molecule has 0 spiro atoms. The first-order valence-electron chi connectivity index (χ1n) is 11.7. The van der Waals surface area contributed by atoms with Crippen molar-refractivity contribution in [1.82, 2.24) is 24.1 Å². The number of aryl methyl sites for hydroxylation is 1. The van der Waals surface area contributed by atoms with Crippen LogP contribution in [0.1, 0.15) is 25.6 Å². The minimum absolute atomic E-state index is 0.0120. The predicted molar refractivity (Wildman–Crippen MR) is 136 cm³/mol. The summed E-state index contributed by atoms with van der Waals surface area (Å²) in [5.74, 6) is 1.26. The van der Waals surface area contributed by atoms with Crippen molar-refractivity contribution in [3.63, 3.8) is 0 Å². The van der Waals surface area contributed by atoms with E-state index >= 15 is 0 Å². The van der Waals surface area contributed by atoms with E-state index in [1.54, 1.807) is 23.8 Å². The highest BCUT2D eigenvalue weighted by Gasteiger charge is 2.25. The van der Waals surface area contributed by atoms with Gasteiger partial charge in [-0.05, 0) is 43.2 Å². The molecule has 0 amide bonds. The number of aromatic nitrogens is 5. The standard InChI is InChI=1S/C26H24ClN5O3/c1-3-21-30-24-22(26(33)31(21)14-16-7-6-12-35-16)23-25(29-19-9-5-4-8-18(19)28-23)32(24)15-10-11-20(34-2)17(27)13-15/h4-5,8-11,13,16H,3,6-7,12,14H2,1-2H3/t16-/m0/s1. The van der Waals surface area contributed by atoms with Gasteiger partial charge in [0.1, 0.15) is 22.5 Å². The molecule has 3 aromatic heterocycles. The van der Waals surface area contributed by atoms with Crippen molar-refractivity contribution in [1.29, 1.82) is 0 Å². The fourth-order valence-corrected chi connectivity index (χ4v) is 5.11. The number of para-hydroxylation sites is 2. The SMILES string of the molecule is CCc1nc2c(c(=O)n1C[C@@H]1CCCO1)c1nc3ccccc3nc1n2-c1ccc(OC)c(Cl)c1. The van der Waals surface area contributed by atoms with E-state index in [0.717, 1.165) is 36.2 Å². The fraction of sp³-hybridized carbons (Fsp3) is 0.308. The second-order valence-corrected chi connectivity index (χ2v) is 9.08. The van der Waals surface area contributed by atoms with E-state index in [0.29, 0.717) is 51.8 Å². The Morgan fingerprint density at radius 2 is 1.91 bits per heavy atom. The summed E-state index contributed by atoms with van der Waals surface area (Å²) in [7, 11) is 1.57. The first kappa shape index (κ1) is 22.0. The van der Waals surface area contributed by atoms with Gasteiger partial charge in [0.25, 0.3) is 5.56 Å².